The summed E-state index contributed by atoms with van der Waals surface area (Å²) in [5, 5.41) is 3.60. The van der Waals surface area contributed by atoms with Crippen molar-refractivity contribution >= 4 is 23.3 Å². The lowest BCUT2D eigenvalue weighted by Gasteiger charge is -2.15. The second-order valence-corrected chi connectivity index (χ2v) is 5.39. The number of rotatable bonds is 6. The summed E-state index contributed by atoms with van der Waals surface area (Å²) in [6.07, 6.45) is 4.53. The molecule has 1 fully saturated rings. The molecule has 1 aliphatic heterocycles. The minimum atomic E-state index is 0.212. The van der Waals surface area contributed by atoms with Crippen LogP contribution >= 0.6 is 11.6 Å². The fourth-order valence-electron chi connectivity index (χ4n) is 2.31. The minimum Gasteiger partial charge on any atom is -0.369 e. The molecule has 2 rings (SSSR count). The van der Waals surface area contributed by atoms with Crippen LogP contribution in [0.15, 0.2) is 6.07 Å². The van der Waals surface area contributed by atoms with Crippen LogP contribution in [-0.2, 0) is 11.2 Å². The molecule has 1 aromatic heterocycles. The van der Waals surface area contributed by atoms with E-state index in [4.69, 9.17) is 11.6 Å². The van der Waals surface area contributed by atoms with Crippen LogP contribution in [0.1, 0.15) is 38.4 Å². The molecule has 1 aliphatic rings. The van der Waals surface area contributed by atoms with Gasteiger partial charge in [0, 0.05) is 38.5 Å². The molecule has 0 aliphatic carbocycles. The number of halogens is 1. The Hall–Kier alpha value is -1.36. The number of carbonyl (C=O) groups is 1. The van der Waals surface area contributed by atoms with Crippen LogP contribution in [-0.4, -0.2) is 40.4 Å². The van der Waals surface area contributed by atoms with Gasteiger partial charge in [0.1, 0.15) is 16.8 Å². The second kappa shape index (κ2) is 7.43. The Bertz CT molecular complexity index is 460. The zero-order chi connectivity index (χ0) is 14.4. The number of likely N-dealkylation sites (tertiary alicyclic amines) is 1. The van der Waals surface area contributed by atoms with E-state index in [0.717, 1.165) is 44.6 Å². The number of nitrogens with one attached hydrogen (secondary N) is 1. The highest BCUT2D eigenvalue weighted by Gasteiger charge is 2.17. The van der Waals surface area contributed by atoms with Crippen molar-refractivity contribution in [1.82, 2.24) is 14.9 Å². The topological polar surface area (TPSA) is 58.1 Å². The van der Waals surface area contributed by atoms with E-state index >= 15 is 0 Å². The Balaban J connectivity index is 1.82. The number of aromatic nitrogens is 2. The van der Waals surface area contributed by atoms with Gasteiger partial charge in [-0.25, -0.2) is 9.97 Å². The van der Waals surface area contributed by atoms with Gasteiger partial charge in [0.2, 0.25) is 5.91 Å². The van der Waals surface area contributed by atoms with E-state index in [1.165, 1.54) is 0 Å². The van der Waals surface area contributed by atoms with Gasteiger partial charge in [-0.1, -0.05) is 18.5 Å². The van der Waals surface area contributed by atoms with E-state index in [1.807, 2.05) is 4.90 Å². The monoisotopic (exact) mass is 296 g/mol. The van der Waals surface area contributed by atoms with Gasteiger partial charge in [-0.3, -0.25) is 4.79 Å². The van der Waals surface area contributed by atoms with Crippen LogP contribution in [0.4, 0.5) is 5.82 Å². The molecule has 20 heavy (non-hydrogen) atoms. The number of aryl methyl sites for hydroxylation is 1. The van der Waals surface area contributed by atoms with Crippen LogP contribution in [0.25, 0.3) is 0 Å². The van der Waals surface area contributed by atoms with Gasteiger partial charge in [0.25, 0.3) is 0 Å². The van der Waals surface area contributed by atoms with E-state index in [9.17, 15) is 4.79 Å². The average molecular weight is 297 g/mol. The van der Waals surface area contributed by atoms with Crippen molar-refractivity contribution in [2.45, 2.75) is 39.0 Å². The zero-order valence-electron chi connectivity index (χ0n) is 11.9. The predicted octanol–water partition coefficient (Wildman–Crippen LogP) is 2.51. The Morgan fingerprint density at radius 2 is 2.15 bits per heavy atom. The van der Waals surface area contributed by atoms with Crippen molar-refractivity contribution in [1.29, 1.82) is 0 Å². The summed E-state index contributed by atoms with van der Waals surface area (Å²) >= 11 is 5.96. The third kappa shape index (κ3) is 4.34. The maximum absolute atomic E-state index is 11.9. The van der Waals surface area contributed by atoms with Crippen molar-refractivity contribution in [3.63, 3.8) is 0 Å². The molecule has 1 N–H and O–H groups in total. The van der Waals surface area contributed by atoms with Crippen LogP contribution < -0.4 is 5.32 Å². The molecule has 1 saturated heterocycles. The molecular formula is C14H21ClN4O. The predicted molar refractivity (Wildman–Crippen MR) is 80.0 cm³/mol. The first-order valence-corrected chi connectivity index (χ1v) is 7.62. The van der Waals surface area contributed by atoms with Gasteiger partial charge in [-0.05, 0) is 19.3 Å². The number of nitrogens with zero attached hydrogens (tertiary/aromatic N) is 3. The summed E-state index contributed by atoms with van der Waals surface area (Å²) in [7, 11) is 0. The van der Waals surface area contributed by atoms with Gasteiger partial charge in [0.15, 0.2) is 0 Å². The molecule has 5 nitrogen and oxygen atoms in total. The van der Waals surface area contributed by atoms with Crippen molar-refractivity contribution in [2.24, 2.45) is 0 Å². The molecule has 1 amide bonds. The average Bonchev–Trinajstić information content (AvgIpc) is 2.92. The van der Waals surface area contributed by atoms with Crippen LogP contribution in [0.3, 0.4) is 0 Å². The van der Waals surface area contributed by atoms with Gasteiger partial charge in [0.05, 0.1) is 0 Å². The molecule has 0 bridgehead atoms. The van der Waals surface area contributed by atoms with Gasteiger partial charge in [-0.15, -0.1) is 0 Å². The SMILES string of the molecule is CCCc1nc(Cl)cc(NCCC(=O)N2CCCC2)n1. The molecule has 110 valence electrons. The first-order valence-electron chi connectivity index (χ1n) is 7.24. The molecule has 0 aromatic carbocycles. The third-order valence-electron chi connectivity index (χ3n) is 3.32. The fourth-order valence-corrected chi connectivity index (χ4v) is 2.51. The molecule has 0 saturated carbocycles. The summed E-state index contributed by atoms with van der Waals surface area (Å²) in [6.45, 7) is 4.46. The van der Waals surface area contributed by atoms with Gasteiger partial charge >= 0.3 is 0 Å². The molecule has 0 spiro atoms. The quantitative estimate of drug-likeness (QED) is 0.820. The molecule has 0 atom stereocenters. The van der Waals surface area contributed by atoms with Crippen LogP contribution in [0, 0.1) is 0 Å². The molecule has 0 radical (unpaired) electrons. The highest BCUT2D eigenvalue weighted by molar-refractivity contribution is 6.29. The maximum atomic E-state index is 11.9. The van der Waals surface area contributed by atoms with E-state index < -0.39 is 0 Å². The highest BCUT2D eigenvalue weighted by atomic mass is 35.5. The first-order chi connectivity index (χ1) is 9.69. The van der Waals surface area contributed by atoms with Crippen molar-refractivity contribution in [3.8, 4) is 0 Å². The molecule has 6 heteroatoms. The summed E-state index contributed by atoms with van der Waals surface area (Å²) in [6, 6.07) is 1.70. The number of hydrogen-bond donors (Lipinski definition) is 1. The number of anilines is 1. The number of carbonyl (C=O) groups excluding carboxylic acids is 1. The van der Waals surface area contributed by atoms with Gasteiger partial charge < -0.3 is 10.2 Å². The van der Waals surface area contributed by atoms with Crippen LogP contribution in [0.5, 0.6) is 0 Å². The molecule has 2 heterocycles. The molecule has 0 unspecified atom stereocenters. The van der Waals surface area contributed by atoms with Crippen molar-refractivity contribution in [2.75, 3.05) is 25.0 Å². The summed E-state index contributed by atoms with van der Waals surface area (Å²) in [4.78, 5) is 22.4. The Morgan fingerprint density at radius 1 is 1.40 bits per heavy atom. The molecular weight excluding hydrogens is 276 g/mol. The largest absolute Gasteiger partial charge is 0.369 e. The smallest absolute Gasteiger partial charge is 0.224 e. The van der Waals surface area contributed by atoms with Crippen molar-refractivity contribution < 1.29 is 4.79 Å². The lowest BCUT2D eigenvalue weighted by Crippen LogP contribution is -2.29. The first kappa shape index (κ1) is 15.0. The van der Waals surface area contributed by atoms with Gasteiger partial charge in [-0.2, -0.15) is 0 Å². The van der Waals surface area contributed by atoms with Crippen LogP contribution in [0.2, 0.25) is 5.15 Å². The number of amides is 1. The van der Waals surface area contributed by atoms with E-state index in [-0.39, 0.29) is 5.91 Å². The Morgan fingerprint density at radius 3 is 2.85 bits per heavy atom. The third-order valence-corrected chi connectivity index (χ3v) is 3.51. The Kier molecular flexibility index (Phi) is 5.59. The lowest BCUT2D eigenvalue weighted by molar-refractivity contribution is -0.129. The summed E-state index contributed by atoms with van der Waals surface area (Å²) < 4.78 is 0. The standard InChI is InChI=1S/C14H21ClN4O/c1-2-5-12-17-11(15)10-13(18-12)16-7-6-14(20)19-8-3-4-9-19/h10H,2-9H2,1H3,(H,16,17,18). The second-order valence-electron chi connectivity index (χ2n) is 5.01. The normalized spacial score (nSPS) is 14.6. The van der Waals surface area contributed by atoms with E-state index in [1.54, 1.807) is 6.07 Å². The summed E-state index contributed by atoms with van der Waals surface area (Å²) in [5.41, 5.74) is 0. The summed E-state index contributed by atoms with van der Waals surface area (Å²) in [5.74, 6) is 1.65. The zero-order valence-corrected chi connectivity index (χ0v) is 12.6. The van der Waals surface area contributed by atoms with Crippen molar-refractivity contribution in [3.05, 3.63) is 17.0 Å². The highest BCUT2D eigenvalue weighted by Crippen LogP contribution is 2.13. The van der Waals surface area contributed by atoms with E-state index in [2.05, 4.69) is 22.2 Å². The molecule has 1 aromatic rings. The fraction of sp³-hybridized carbons (Fsp3) is 0.643. The lowest BCUT2D eigenvalue weighted by atomic mass is 10.3. The van der Waals surface area contributed by atoms with E-state index in [0.29, 0.717) is 23.9 Å². The Labute approximate surface area is 124 Å². The minimum absolute atomic E-state index is 0.212. The number of hydrogen-bond acceptors (Lipinski definition) is 4. The maximum Gasteiger partial charge on any atom is 0.224 e.